The number of anilines is 2. The number of carbonyl (C=O) groups is 2. The maximum atomic E-state index is 13.4. The van der Waals surface area contributed by atoms with Gasteiger partial charge in [-0.25, -0.2) is 4.90 Å². The number of hydrogen-bond donors (Lipinski definition) is 1. The highest BCUT2D eigenvalue weighted by atomic mass is 35.5. The number of nitrogens with zero attached hydrogens (tertiary/aromatic N) is 1. The minimum Gasteiger partial charge on any atom is -0.350 e. The number of rotatable bonds is 6. The van der Waals surface area contributed by atoms with Crippen molar-refractivity contribution in [2.45, 2.75) is 31.6 Å². The van der Waals surface area contributed by atoms with E-state index in [2.05, 4.69) is 19.2 Å². The Hall–Kier alpha value is -3.02. The molecule has 32 heavy (non-hydrogen) atoms. The highest BCUT2D eigenvalue weighted by Gasteiger charge is 2.40. The molecule has 0 radical (unpaired) electrons. The molecule has 0 unspecified atom stereocenters. The summed E-state index contributed by atoms with van der Waals surface area (Å²) in [5.74, 6) is -0.352. The van der Waals surface area contributed by atoms with E-state index >= 15 is 0 Å². The Morgan fingerprint density at radius 1 is 0.906 bits per heavy atom. The van der Waals surface area contributed by atoms with Gasteiger partial charge in [0, 0.05) is 15.6 Å². The smallest absolute Gasteiger partial charge is 0.283 e. The van der Waals surface area contributed by atoms with Crippen LogP contribution in [0.25, 0.3) is 0 Å². The van der Waals surface area contributed by atoms with Crippen molar-refractivity contribution in [3.05, 3.63) is 99.5 Å². The van der Waals surface area contributed by atoms with E-state index in [0.717, 1.165) is 21.7 Å². The van der Waals surface area contributed by atoms with Gasteiger partial charge in [-0.3, -0.25) is 9.59 Å². The van der Waals surface area contributed by atoms with Gasteiger partial charge in [-0.05, 0) is 72.5 Å². The van der Waals surface area contributed by atoms with Gasteiger partial charge >= 0.3 is 0 Å². The van der Waals surface area contributed by atoms with Crippen LogP contribution in [0.5, 0.6) is 0 Å². The highest BCUT2D eigenvalue weighted by Crippen LogP contribution is 2.38. The van der Waals surface area contributed by atoms with Gasteiger partial charge in [-0.15, -0.1) is 0 Å². The lowest BCUT2D eigenvalue weighted by Crippen LogP contribution is -2.32. The third kappa shape index (κ3) is 4.59. The van der Waals surface area contributed by atoms with Gasteiger partial charge in [-0.1, -0.05) is 61.5 Å². The molecule has 0 atom stereocenters. The predicted molar refractivity (Wildman–Crippen MR) is 132 cm³/mol. The van der Waals surface area contributed by atoms with Gasteiger partial charge in [-0.2, -0.15) is 0 Å². The summed E-state index contributed by atoms with van der Waals surface area (Å²) in [6.45, 7) is 6.19. The third-order valence-corrected chi connectivity index (χ3v) is 6.52. The van der Waals surface area contributed by atoms with Crippen molar-refractivity contribution >= 4 is 46.6 Å². The van der Waals surface area contributed by atoms with Crippen LogP contribution in [0.4, 0.5) is 11.4 Å². The summed E-state index contributed by atoms with van der Waals surface area (Å²) in [6.07, 6.45) is 0. The average molecular weight is 463 g/mol. The fourth-order valence-electron chi connectivity index (χ4n) is 3.44. The first kappa shape index (κ1) is 22.2. The summed E-state index contributed by atoms with van der Waals surface area (Å²) in [6, 6.07) is 22.5. The Bertz CT molecular complexity index is 1200. The topological polar surface area (TPSA) is 49.4 Å². The van der Waals surface area contributed by atoms with Crippen molar-refractivity contribution < 1.29 is 9.59 Å². The number of thioether (sulfide) groups is 1. The van der Waals surface area contributed by atoms with Crippen molar-refractivity contribution in [3.63, 3.8) is 0 Å². The van der Waals surface area contributed by atoms with E-state index in [1.54, 1.807) is 12.1 Å². The number of benzene rings is 3. The zero-order valence-corrected chi connectivity index (χ0v) is 19.6. The van der Waals surface area contributed by atoms with Crippen molar-refractivity contribution in [2.24, 2.45) is 0 Å². The maximum absolute atomic E-state index is 13.4. The van der Waals surface area contributed by atoms with Crippen LogP contribution in [0.3, 0.4) is 0 Å². The molecule has 1 heterocycles. The normalized spacial score (nSPS) is 14.0. The van der Waals surface area contributed by atoms with E-state index in [9.17, 15) is 9.59 Å². The molecule has 0 saturated heterocycles. The molecule has 4 nitrogen and oxygen atoms in total. The Morgan fingerprint density at radius 3 is 2.22 bits per heavy atom. The second-order valence-corrected chi connectivity index (χ2v) is 9.47. The molecule has 1 aliphatic rings. The summed E-state index contributed by atoms with van der Waals surface area (Å²) in [5.41, 5.74) is 3.79. The van der Waals surface area contributed by atoms with Gasteiger partial charge in [0.1, 0.15) is 10.6 Å². The SMILES string of the molecule is Cc1cccc(NC2=C(Sc3ccc(Cl)cc3)C(=O)N(c3ccc(C(C)C)cc3)C2=O)c1. The number of aryl methyl sites for hydroxylation is 1. The Kier molecular flexibility index (Phi) is 6.40. The molecule has 0 aliphatic carbocycles. The number of hydrogen-bond acceptors (Lipinski definition) is 4. The van der Waals surface area contributed by atoms with Crippen LogP contribution in [0, 0.1) is 6.92 Å². The lowest BCUT2D eigenvalue weighted by Gasteiger charge is -2.16. The van der Waals surface area contributed by atoms with Gasteiger partial charge in [0.25, 0.3) is 11.8 Å². The molecule has 1 N–H and O–H groups in total. The molecular weight excluding hydrogens is 440 g/mol. The standard InChI is InChI=1S/C26H23ClN2O2S/c1-16(2)18-7-11-21(12-8-18)29-25(30)23(28-20-6-4-5-17(3)15-20)24(26(29)31)32-22-13-9-19(27)10-14-22/h4-16,28H,1-3H3. The van der Waals surface area contributed by atoms with E-state index in [0.29, 0.717) is 21.5 Å². The first-order valence-corrected chi connectivity index (χ1v) is 11.5. The first-order chi connectivity index (χ1) is 15.3. The van der Waals surface area contributed by atoms with Crippen LogP contribution in [0.15, 0.2) is 88.3 Å². The number of amides is 2. The van der Waals surface area contributed by atoms with E-state index in [4.69, 9.17) is 11.6 Å². The molecule has 3 aromatic rings. The highest BCUT2D eigenvalue weighted by molar-refractivity contribution is 8.04. The molecule has 0 bridgehead atoms. The second-order valence-electron chi connectivity index (χ2n) is 7.95. The number of imide groups is 1. The predicted octanol–water partition coefficient (Wildman–Crippen LogP) is 6.76. The van der Waals surface area contributed by atoms with Crippen molar-refractivity contribution in [3.8, 4) is 0 Å². The molecule has 0 fully saturated rings. The first-order valence-electron chi connectivity index (χ1n) is 10.3. The monoisotopic (exact) mass is 462 g/mol. The Morgan fingerprint density at radius 2 is 1.59 bits per heavy atom. The molecule has 6 heteroatoms. The fraction of sp³-hybridized carbons (Fsp3) is 0.154. The maximum Gasteiger partial charge on any atom is 0.283 e. The Balaban J connectivity index is 1.72. The van der Waals surface area contributed by atoms with Gasteiger partial charge in [0.15, 0.2) is 0 Å². The molecule has 4 rings (SSSR count). The van der Waals surface area contributed by atoms with Gasteiger partial charge in [0.2, 0.25) is 0 Å². The van der Waals surface area contributed by atoms with Crippen molar-refractivity contribution in [1.82, 2.24) is 0 Å². The van der Waals surface area contributed by atoms with Crippen LogP contribution in [0.2, 0.25) is 5.02 Å². The molecule has 2 amide bonds. The van der Waals surface area contributed by atoms with Crippen molar-refractivity contribution in [1.29, 1.82) is 0 Å². The summed E-state index contributed by atoms with van der Waals surface area (Å²) in [5, 5.41) is 3.81. The number of halogens is 1. The van der Waals surface area contributed by atoms with Crippen LogP contribution in [-0.2, 0) is 9.59 Å². The largest absolute Gasteiger partial charge is 0.350 e. The van der Waals surface area contributed by atoms with Crippen LogP contribution in [-0.4, -0.2) is 11.8 Å². The third-order valence-electron chi connectivity index (χ3n) is 5.18. The summed E-state index contributed by atoms with van der Waals surface area (Å²) in [7, 11) is 0. The van der Waals surface area contributed by atoms with Crippen molar-refractivity contribution in [2.75, 3.05) is 10.2 Å². The molecule has 0 aromatic heterocycles. The number of carbonyl (C=O) groups excluding carboxylic acids is 2. The lowest BCUT2D eigenvalue weighted by atomic mass is 10.0. The summed E-state index contributed by atoms with van der Waals surface area (Å²) < 4.78 is 0. The van der Waals surface area contributed by atoms with Crippen LogP contribution in [0.1, 0.15) is 30.9 Å². The fourth-order valence-corrected chi connectivity index (χ4v) is 4.50. The molecule has 1 aliphatic heterocycles. The number of nitrogens with one attached hydrogen (secondary N) is 1. The average Bonchev–Trinajstić information content (AvgIpc) is 2.99. The Labute approximate surface area is 197 Å². The lowest BCUT2D eigenvalue weighted by molar-refractivity contribution is -0.120. The van der Waals surface area contributed by atoms with Gasteiger partial charge in [0.05, 0.1) is 5.69 Å². The minimum absolute atomic E-state index is 0.272. The summed E-state index contributed by atoms with van der Waals surface area (Å²) in [4.78, 5) is 29.3. The molecule has 0 spiro atoms. The second kappa shape index (κ2) is 9.23. The van der Waals surface area contributed by atoms with E-state index in [1.807, 2.05) is 67.6 Å². The zero-order valence-electron chi connectivity index (χ0n) is 18.1. The van der Waals surface area contributed by atoms with E-state index < -0.39 is 0 Å². The molecule has 3 aromatic carbocycles. The van der Waals surface area contributed by atoms with E-state index in [1.165, 1.54) is 16.7 Å². The molecule has 162 valence electrons. The summed E-state index contributed by atoms with van der Waals surface area (Å²) >= 11 is 7.26. The quantitative estimate of drug-likeness (QED) is 0.411. The zero-order chi connectivity index (χ0) is 22.8. The van der Waals surface area contributed by atoms with Gasteiger partial charge < -0.3 is 5.32 Å². The van der Waals surface area contributed by atoms with Crippen LogP contribution < -0.4 is 10.2 Å². The minimum atomic E-state index is -0.370. The van der Waals surface area contributed by atoms with E-state index in [-0.39, 0.29) is 17.5 Å². The van der Waals surface area contributed by atoms with Crippen LogP contribution >= 0.6 is 23.4 Å². The molecular formula is C26H23ClN2O2S. The molecule has 0 saturated carbocycles.